The number of phenolic OH excluding ortho intramolecular Hbond substituents is 2. The Balaban J connectivity index is 0.000000159. The fourth-order valence-corrected chi connectivity index (χ4v) is 15.1. The number of hydrogen-bond donors (Lipinski definition) is 5. The molecule has 8 aliphatic carbocycles. The third kappa shape index (κ3) is 8.44. The van der Waals surface area contributed by atoms with Gasteiger partial charge in [-0.05, 0) is 205 Å². The van der Waals surface area contributed by atoms with Gasteiger partial charge in [-0.2, -0.15) is 0 Å². The largest absolute Gasteiger partial charge is 0.507 e. The lowest BCUT2D eigenvalue weighted by molar-refractivity contribution is -0.132. The van der Waals surface area contributed by atoms with E-state index in [0.29, 0.717) is 46.7 Å². The first-order valence-corrected chi connectivity index (χ1v) is 25.2. The van der Waals surface area contributed by atoms with E-state index in [4.69, 9.17) is 15.9 Å². The van der Waals surface area contributed by atoms with Crippen LogP contribution in [-0.4, -0.2) is 49.1 Å². The monoisotopic (exact) mass is 936 g/mol. The van der Waals surface area contributed by atoms with Gasteiger partial charge in [-0.15, -0.1) is 0 Å². The number of carbonyl (C=O) groups is 4. The molecule has 6 N–H and O–H groups in total. The molecule has 0 atom stereocenters. The number of carboxylic acid groups (broad SMARTS) is 2. The molecule has 14 rings (SSSR count). The lowest BCUT2D eigenvalue weighted by Crippen LogP contribution is -2.48. The summed E-state index contributed by atoms with van der Waals surface area (Å²) in [6, 6.07) is 30.6. The number of rotatable bonds is 11. The number of carboxylic acids is 2. The van der Waals surface area contributed by atoms with Crippen LogP contribution in [0.3, 0.4) is 0 Å². The Morgan fingerprint density at radius 3 is 1.24 bits per heavy atom. The summed E-state index contributed by atoms with van der Waals surface area (Å²) in [7, 11) is 0. The van der Waals surface area contributed by atoms with E-state index in [0.717, 1.165) is 99.2 Å². The normalized spacial score (nSPS) is 27.9. The second-order valence-corrected chi connectivity index (χ2v) is 22.0. The Morgan fingerprint density at radius 1 is 0.529 bits per heavy atom. The molecule has 2 amide bonds. The van der Waals surface area contributed by atoms with E-state index in [-0.39, 0.29) is 34.9 Å². The number of aromatic hydroxyl groups is 2. The number of aliphatic carboxylic acids is 2. The van der Waals surface area contributed by atoms with Crippen LogP contribution in [0.1, 0.15) is 131 Å². The Hall–Kier alpha value is -6.78. The first-order chi connectivity index (χ1) is 33.7. The molecule has 8 fully saturated rings. The molecule has 0 aromatic heterocycles. The van der Waals surface area contributed by atoms with Crippen molar-refractivity contribution in [2.24, 2.45) is 41.2 Å². The van der Waals surface area contributed by atoms with Crippen molar-refractivity contribution in [3.05, 3.63) is 154 Å². The van der Waals surface area contributed by atoms with Crippen molar-refractivity contribution in [3.63, 3.8) is 0 Å². The second-order valence-electron chi connectivity index (χ2n) is 22.0. The summed E-state index contributed by atoms with van der Waals surface area (Å²) in [4.78, 5) is 49.3. The minimum atomic E-state index is -0.999. The molecule has 70 heavy (non-hydrogen) atoms. The minimum absolute atomic E-state index is 0.00478. The minimum Gasteiger partial charge on any atom is -0.507 e. The molecule has 5 aromatic carbocycles. The van der Waals surface area contributed by atoms with Gasteiger partial charge in [0.2, 0.25) is 0 Å². The van der Waals surface area contributed by atoms with Crippen LogP contribution in [0, 0.1) is 35.5 Å². The Bertz CT molecular complexity index is 2880. The summed E-state index contributed by atoms with van der Waals surface area (Å²) in [6.07, 6.45) is 20.2. The third-order valence-electron chi connectivity index (χ3n) is 17.3. The number of amides is 2. The SMILES string of the molecule is NCc1cc(-c2ccc(/C=C/C(=O)O)cc2)cc(C23CC4CC(CC(C4)C2)C3)c1O.O=C(O)/C=C/c1ccc(-c2cc(CN3C(=O)c4ccccc4C3=O)c(O)c(C34CC5CC(CC(C5)C3)C4)c2)cc1. The first-order valence-electron chi connectivity index (χ1n) is 25.2. The van der Waals surface area contributed by atoms with Crippen LogP contribution in [0.5, 0.6) is 11.5 Å². The number of carbonyl (C=O) groups excluding carboxylic acids is 2. The van der Waals surface area contributed by atoms with E-state index in [1.54, 1.807) is 36.4 Å². The standard InChI is InChI=1S/C34H31NO5.C26H29NO3/c36-30(37)10-7-20-5-8-24(9-6-20)25-14-26(19-35-32(39)27-3-1-2-4-28(27)33(35)40)31(38)29(15-25)34-16-21-11-22(17-34)13-23(12-21)18-34;27-15-22-10-21(20-4-1-16(2-5-20)3-6-24(28)29)11-23(25(22)30)26-12-17-7-18(13-26)9-19(8-17)14-26/h1-10,14-15,21-23,38H,11-13,16-19H2,(H,36,37);1-6,10-11,17-19,30H,7-9,12-15,27H2,(H,28,29)/b10-7+;6-3+. The van der Waals surface area contributed by atoms with Crippen LogP contribution in [-0.2, 0) is 33.5 Å². The molecule has 1 aliphatic heterocycles. The zero-order valence-electron chi connectivity index (χ0n) is 39.4. The van der Waals surface area contributed by atoms with Crippen molar-refractivity contribution in [2.45, 2.75) is 101 Å². The molecule has 1 heterocycles. The van der Waals surface area contributed by atoms with Crippen LogP contribution in [0.15, 0.2) is 109 Å². The maximum Gasteiger partial charge on any atom is 0.328 e. The number of nitrogens with two attached hydrogens (primary N) is 1. The lowest BCUT2D eigenvalue weighted by Gasteiger charge is -2.57. The van der Waals surface area contributed by atoms with E-state index in [2.05, 4.69) is 12.1 Å². The van der Waals surface area contributed by atoms with Gasteiger partial charge in [0.15, 0.2) is 0 Å². The van der Waals surface area contributed by atoms with Crippen LogP contribution >= 0.6 is 0 Å². The molecule has 0 unspecified atom stereocenters. The van der Waals surface area contributed by atoms with Crippen molar-refractivity contribution >= 4 is 35.9 Å². The van der Waals surface area contributed by atoms with Gasteiger partial charge in [-0.1, -0.05) is 60.7 Å². The number of fused-ring (bicyclic) bond motifs is 1. The van der Waals surface area contributed by atoms with E-state index >= 15 is 0 Å². The molecule has 10 heteroatoms. The lowest BCUT2D eigenvalue weighted by atomic mass is 9.48. The second kappa shape index (κ2) is 17.9. The first kappa shape index (κ1) is 45.7. The maximum absolute atomic E-state index is 13.2. The quantitative estimate of drug-likeness (QED) is 0.0637. The highest BCUT2D eigenvalue weighted by Gasteiger charge is 2.54. The van der Waals surface area contributed by atoms with E-state index in [1.165, 1.54) is 62.7 Å². The van der Waals surface area contributed by atoms with Gasteiger partial charge in [-0.3, -0.25) is 14.5 Å². The van der Waals surface area contributed by atoms with Gasteiger partial charge >= 0.3 is 11.9 Å². The van der Waals surface area contributed by atoms with Gasteiger partial charge in [-0.25, -0.2) is 9.59 Å². The number of phenols is 2. The van der Waals surface area contributed by atoms with Crippen LogP contribution in [0.4, 0.5) is 0 Å². The predicted octanol–water partition coefficient (Wildman–Crippen LogP) is 11.5. The molecule has 358 valence electrons. The summed E-state index contributed by atoms with van der Waals surface area (Å²) in [5, 5.41) is 40.7. The summed E-state index contributed by atoms with van der Waals surface area (Å²) < 4.78 is 0. The highest BCUT2D eigenvalue weighted by molar-refractivity contribution is 6.21. The zero-order valence-corrected chi connectivity index (χ0v) is 39.4. The average molecular weight is 937 g/mol. The molecule has 5 aromatic rings. The molecular weight excluding hydrogens is 877 g/mol. The molecule has 8 saturated carbocycles. The van der Waals surface area contributed by atoms with Gasteiger partial charge in [0.05, 0.1) is 17.7 Å². The van der Waals surface area contributed by atoms with Gasteiger partial charge < -0.3 is 26.2 Å². The predicted molar refractivity (Wildman–Crippen MR) is 269 cm³/mol. The molecular formula is C60H60N2O8. The van der Waals surface area contributed by atoms with Gasteiger partial charge in [0.1, 0.15) is 11.5 Å². The number of hydrogen-bond acceptors (Lipinski definition) is 7. The highest BCUT2D eigenvalue weighted by atomic mass is 16.4. The summed E-state index contributed by atoms with van der Waals surface area (Å²) in [6.45, 7) is 0.323. The van der Waals surface area contributed by atoms with Gasteiger partial charge in [0, 0.05) is 41.0 Å². The van der Waals surface area contributed by atoms with E-state index in [1.807, 2.05) is 60.7 Å². The van der Waals surface area contributed by atoms with Crippen molar-refractivity contribution < 1.29 is 39.6 Å². The number of nitrogens with zero attached hydrogens (tertiary/aromatic N) is 1. The molecule has 0 radical (unpaired) electrons. The van der Waals surface area contributed by atoms with Crippen LogP contribution in [0.25, 0.3) is 34.4 Å². The zero-order chi connectivity index (χ0) is 48.5. The summed E-state index contributed by atoms with van der Waals surface area (Å²) in [5.74, 6) is 2.48. The smallest absolute Gasteiger partial charge is 0.328 e. The van der Waals surface area contributed by atoms with Crippen molar-refractivity contribution in [1.82, 2.24) is 4.90 Å². The van der Waals surface area contributed by atoms with Crippen LogP contribution < -0.4 is 5.73 Å². The average Bonchev–Trinajstić information content (AvgIpc) is 3.57. The van der Waals surface area contributed by atoms with E-state index < -0.39 is 11.9 Å². The fourth-order valence-electron chi connectivity index (χ4n) is 15.1. The maximum atomic E-state index is 13.2. The van der Waals surface area contributed by atoms with Crippen molar-refractivity contribution in [1.29, 1.82) is 0 Å². The Kier molecular flexibility index (Phi) is 11.7. The van der Waals surface area contributed by atoms with Crippen molar-refractivity contribution in [2.75, 3.05) is 0 Å². The van der Waals surface area contributed by atoms with Crippen LogP contribution in [0.2, 0.25) is 0 Å². The summed E-state index contributed by atoms with van der Waals surface area (Å²) in [5.41, 5.74) is 15.9. The Labute approximate surface area is 408 Å². The Morgan fingerprint density at radius 2 is 0.886 bits per heavy atom. The molecule has 8 bridgehead atoms. The molecule has 0 saturated heterocycles. The van der Waals surface area contributed by atoms with E-state index in [9.17, 15) is 29.4 Å². The molecule has 10 nitrogen and oxygen atoms in total. The van der Waals surface area contributed by atoms with Gasteiger partial charge in [0.25, 0.3) is 11.8 Å². The topological polar surface area (TPSA) is 178 Å². The number of imide groups is 1. The van der Waals surface area contributed by atoms with Crippen molar-refractivity contribution in [3.8, 4) is 33.8 Å². The fraction of sp³-hybridized carbons (Fsp3) is 0.367. The highest BCUT2D eigenvalue weighted by Crippen LogP contribution is 2.64. The molecule has 9 aliphatic rings. The third-order valence-corrected chi connectivity index (χ3v) is 17.3. The molecule has 0 spiro atoms. The number of benzene rings is 5. The summed E-state index contributed by atoms with van der Waals surface area (Å²) >= 11 is 0.